The van der Waals surface area contributed by atoms with Gasteiger partial charge in [-0.25, -0.2) is 4.98 Å². The van der Waals surface area contributed by atoms with Crippen LogP contribution >= 0.6 is 11.6 Å². The number of benzene rings is 2. The van der Waals surface area contributed by atoms with E-state index in [2.05, 4.69) is 10.3 Å². The number of halogens is 4. The van der Waals surface area contributed by atoms with Crippen LogP contribution in [0.25, 0.3) is 0 Å². The van der Waals surface area contributed by atoms with E-state index >= 15 is 0 Å². The summed E-state index contributed by atoms with van der Waals surface area (Å²) in [6, 6.07) is 16.0. The summed E-state index contributed by atoms with van der Waals surface area (Å²) in [4.78, 5) is 16.1. The molecule has 8 heteroatoms. The molecule has 138 valence electrons. The van der Waals surface area contributed by atoms with Crippen LogP contribution in [0.4, 0.5) is 19.0 Å². The molecule has 0 radical (unpaired) electrons. The third-order valence-electron chi connectivity index (χ3n) is 3.50. The van der Waals surface area contributed by atoms with Crippen molar-refractivity contribution < 1.29 is 22.7 Å². The maximum atomic E-state index is 12.7. The smallest absolute Gasteiger partial charge is 0.417 e. The van der Waals surface area contributed by atoms with Gasteiger partial charge in [0.25, 0.3) is 5.91 Å². The van der Waals surface area contributed by atoms with E-state index in [9.17, 15) is 18.0 Å². The lowest BCUT2D eigenvalue weighted by molar-refractivity contribution is -0.137. The molecule has 4 nitrogen and oxygen atoms in total. The van der Waals surface area contributed by atoms with E-state index in [1.807, 2.05) is 6.07 Å². The summed E-state index contributed by atoms with van der Waals surface area (Å²) in [6.45, 7) is 0. The summed E-state index contributed by atoms with van der Waals surface area (Å²) in [5, 5.41) is 2.08. The fourth-order valence-corrected chi connectivity index (χ4v) is 2.43. The van der Waals surface area contributed by atoms with Crippen LogP contribution in [-0.4, -0.2) is 10.9 Å². The van der Waals surface area contributed by atoms with Gasteiger partial charge in [0.1, 0.15) is 11.5 Å². The number of amides is 1. The van der Waals surface area contributed by atoms with Crippen molar-refractivity contribution in [3.05, 3.63) is 83.0 Å². The van der Waals surface area contributed by atoms with Crippen molar-refractivity contribution in [3.63, 3.8) is 0 Å². The van der Waals surface area contributed by atoms with Crippen LogP contribution in [0.5, 0.6) is 11.5 Å². The largest absolute Gasteiger partial charge is 0.457 e. The van der Waals surface area contributed by atoms with Crippen molar-refractivity contribution in [1.29, 1.82) is 0 Å². The third kappa shape index (κ3) is 4.57. The molecule has 0 aliphatic rings. The van der Waals surface area contributed by atoms with Crippen LogP contribution in [0.2, 0.25) is 5.02 Å². The van der Waals surface area contributed by atoms with Crippen molar-refractivity contribution >= 4 is 23.3 Å². The van der Waals surface area contributed by atoms with E-state index in [1.165, 1.54) is 6.07 Å². The van der Waals surface area contributed by atoms with Gasteiger partial charge in [-0.15, -0.1) is 0 Å². The van der Waals surface area contributed by atoms with Crippen molar-refractivity contribution in [2.45, 2.75) is 6.18 Å². The number of aromatic nitrogens is 1. The molecule has 3 rings (SSSR count). The van der Waals surface area contributed by atoms with Gasteiger partial charge in [-0.1, -0.05) is 41.9 Å². The molecule has 27 heavy (non-hydrogen) atoms. The van der Waals surface area contributed by atoms with Crippen molar-refractivity contribution in [2.24, 2.45) is 0 Å². The highest BCUT2D eigenvalue weighted by atomic mass is 35.5. The summed E-state index contributed by atoms with van der Waals surface area (Å²) in [7, 11) is 0. The molecule has 0 fully saturated rings. The molecule has 1 N–H and O–H groups in total. The Morgan fingerprint density at radius 1 is 1.04 bits per heavy atom. The zero-order valence-corrected chi connectivity index (χ0v) is 14.4. The molecule has 2 aromatic carbocycles. The number of ether oxygens (including phenoxy) is 1. The minimum Gasteiger partial charge on any atom is -0.457 e. The molecule has 3 aromatic rings. The van der Waals surface area contributed by atoms with Crippen molar-refractivity contribution in [3.8, 4) is 11.5 Å². The van der Waals surface area contributed by atoms with Gasteiger partial charge in [-0.2, -0.15) is 13.2 Å². The fraction of sp³-hybridized carbons (Fsp3) is 0.0526. The normalized spacial score (nSPS) is 11.1. The Morgan fingerprint density at radius 2 is 1.70 bits per heavy atom. The van der Waals surface area contributed by atoms with E-state index in [0.29, 0.717) is 18.0 Å². The molecule has 1 heterocycles. The highest BCUT2D eigenvalue weighted by molar-refractivity contribution is 6.33. The van der Waals surface area contributed by atoms with Crippen LogP contribution in [0.3, 0.4) is 0 Å². The predicted molar refractivity (Wildman–Crippen MR) is 95.2 cm³/mol. The minimum atomic E-state index is -4.57. The summed E-state index contributed by atoms with van der Waals surface area (Å²) in [6.07, 6.45) is -3.97. The Labute approximate surface area is 157 Å². The lowest BCUT2D eigenvalue weighted by Gasteiger charge is -2.12. The lowest BCUT2D eigenvalue weighted by atomic mass is 10.2. The van der Waals surface area contributed by atoms with Gasteiger partial charge < -0.3 is 10.1 Å². The summed E-state index contributed by atoms with van der Waals surface area (Å²) in [5.41, 5.74) is -0.822. The average Bonchev–Trinajstić information content (AvgIpc) is 2.64. The maximum Gasteiger partial charge on any atom is 0.417 e. The zero-order chi connectivity index (χ0) is 19.4. The van der Waals surface area contributed by atoms with Gasteiger partial charge in [0.2, 0.25) is 0 Å². The standard InChI is InChI=1S/C19H12ClF3N2O2/c20-15-10-12(19(21,22)23)11-24-17(15)25-18(26)14-8-4-5-9-16(14)27-13-6-2-1-3-7-13/h1-11H,(H,24,25,26). The number of hydrogen-bond donors (Lipinski definition) is 1. The van der Waals surface area contributed by atoms with Crippen LogP contribution in [-0.2, 0) is 6.18 Å². The first-order valence-electron chi connectivity index (χ1n) is 7.70. The number of pyridine rings is 1. The fourth-order valence-electron chi connectivity index (χ4n) is 2.22. The molecule has 0 atom stereocenters. The molecular weight excluding hydrogens is 381 g/mol. The second-order valence-corrected chi connectivity index (χ2v) is 5.82. The molecule has 0 saturated heterocycles. The number of rotatable bonds is 4. The van der Waals surface area contributed by atoms with Crippen molar-refractivity contribution in [1.82, 2.24) is 4.98 Å². The van der Waals surface area contributed by atoms with Crippen molar-refractivity contribution in [2.75, 3.05) is 5.32 Å². The third-order valence-corrected chi connectivity index (χ3v) is 3.79. The van der Waals surface area contributed by atoms with E-state index in [-0.39, 0.29) is 22.2 Å². The second kappa shape index (κ2) is 7.67. The van der Waals surface area contributed by atoms with E-state index in [0.717, 1.165) is 0 Å². The van der Waals surface area contributed by atoms with Crippen LogP contribution in [0.15, 0.2) is 66.9 Å². The molecule has 0 spiro atoms. The Hall–Kier alpha value is -3.06. The quantitative estimate of drug-likeness (QED) is 0.610. The van der Waals surface area contributed by atoms with Gasteiger partial charge in [-0.3, -0.25) is 4.79 Å². The van der Waals surface area contributed by atoms with Gasteiger partial charge in [0, 0.05) is 6.20 Å². The first-order chi connectivity index (χ1) is 12.8. The van der Waals surface area contributed by atoms with Gasteiger partial charge >= 0.3 is 6.18 Å². The van der Waals surface area contributed by atoms with Gasteiger partial charge in [-0.05, 0) is 30.3 Å². The number of nitrogens with one attached hydrogen (secondary N) is 1. The Morgan fingerprint density at radius 3 is 2.37 bits per heavy atom. The molecule has 0 aliphatic carbocycles. The lowest BCUT2D eigenvalue weighted by Crippen LogP contribution is -2.15. The van der Waals surface area contributed by atoms with Gasteiger partial charge in [0.15, 0.2) is 5.82 Å². The maximum absolute atomic E-state index is 12.7. The Balaban J connectivity index is 1.83. The topological polar surface area (TPSA) is 51.2 Å². The monoisotopic (exact) mass is 392 g/mol. The number of carbonyl (C=O) groups excluding carboxylic acids is 1. The molecular formula is C19H12ClF3N2O2. The molecule has 0 saturated carbocycles. The summed E-state index contributed by atoms with van der Waals surface area (Å²) < 4.78 is 43.8. The SMILES string of the molecule is O=C(Nc1ncc(C(F)(F)F)cc1Cl)c1ccccc1Oc1ccccc1. The number of anilines is 1. The average molecular weight is 393 g/mol. The van der Waals surface area contributed by atoms with E-state index in [1.54, 1.807) is 42.5 Å². The second-order valence-electron chi connectivity index (χ2n) is 5.42. The Kier molecular flexibility index (Phi) is 5.32. The predicted octanol–water partition coefficient (Wildman–Crippen LogP) is 5.80. The first-order valence-corrected chi connectivity index (χ1v) is 8.08. The van der Waals surface area contributed by atoms with E-state index in [4.69, 9.17) is 16.3 Å². The highest BCUT2D eigenvalue weighted by Crippen LogP contribution is 2.33. The zero-order valence-electron chi connectivity index (χ0n) is 13.6. The summed E-state index contributed by atoms with van der Waals surface area (Å²) in [5.74, 6) is 0.0209. The number of para-hydroxylation sites is 2. The van der Waals surface area contributed by atoms with E-state index < -0.39 is 17.6 Å². The number of carbonyl (C=O) groups is 1. The van der Waals surface area contributed by atoms with Crippen LogP contribution < -0.4 is 10.1 Å². The first kappa shape index (κ1) is 18.7. The van der Waals surface area contributed by atoms with Crippen LogP contribution in [0, 0.1) is 0 Å². The Bertz CT molecular complexity index is 963. The molecule has 1 aromatic heterocycles. The van der Waals surface area contributed by atoms with Crippen LogP contribution in [0.1, 0.15) is 15.9 Å². The summed E-state index contributed by atoms with van der Waals surface area (Å²) >= 11 is 5.83. The number of hydrogen-bond acceptors (Lipinski definition) is 3. The number of alkyl halides is 3. The molecule has 0 bridgehead atoms. The molecule has 0 unspecified atom stereocenters. The highest BCUT2D eigenvalue weighted by Gasteiger charge is 2.31. The van der Waals surface area contributed by atoms with Gasteiger partial charge in [0.05, 0.1) is 16.1 Å². The minimum absolute atomic E-state index is 0.177. The molecule has 1 amide bonds. The molecule has 0 aliphatic heterocycles. The number of nitrogens with zero attached hydrogens (tertiary/aromatic N) is 1.